The first-order valence-corrected chi connectivity index (χ1v) is 10.5. The summed E-state index contributed by atoms with van der Waals surface area (Å²) in [5.41, 5.74) is -0.0256. The van der Waals surface area contributed by atoms with E-state index in [4.69, 9.17) is 27.6 Å². The fraction of sp³-hybridized carbons (Fsp3) is 0.0476. The van der Waals surface area contributed by atoms with Crippen molar-refractivity contribution in [1.82, 2.24) is 4.90 Å². The number of nitrogens with zero attached hydrogens (tertiary/aromatic N) is 1. The zero-order valence-electron chi connectivity index (χ0n) is 15.9. The first-order valence-electron chi connectivity index (χ1n) is 8.94. The Kier molecular flexibility index (Phi) is 6.05. The summed E-state index contributed by atoms with van der Waals surface area (Å²) in [5.74, 6) is -1.85. The molecule has 2 heterocycles. The minimum atomic E-state index is -0.738. The number of hydrogen-bond acceptors (Lipinski definition) is 6. The second-order valence-electron chi connectivity index (χ2n) is 6.61. The molecule has 1 aliphatic rings. The minimum absolute atomic E-state index is 0.0112. The maximum absolute atomic E-state index is 13.0. The number of rotatable bonds is 4. The third-order valence-electron chi connectivity index (χ3n) is 4.41. The summed E-state index contributed by atoms with van der Waals surface area (Å²) < 4.78 is 18.4. The molecule has 1 N–H and O–H groups in total. The Balaban J connectivity index is 1.56. The maximum Gasteiger partial charge on any atom is 0.294 e. The van der Waals surface area contributed by atoms with Crippen molar-refractivity contribution in [1.29, 1.82) is 0 Å². The normalized spacial score (nSPS) is 15.1. The molecule has 0 saturated carbocycles. The number of fused-ring (bicyclic) bond motifs is 1. The lowest BCUT2D eigenvalue weighted by Gasteiger charge is -2.12. The van der Waals surface area contributed by atoms with E-state index >= 15 is 0 Å². The predicted molar refractivity (Wildman–Crippen MR) is 120 cm³/mol. The molecule has 1 fully saturated rings. The predicted octanol–water partition coefficient (Wildman–Crippen LogP) is 4.91. The lowest BCUT2D eigenvalue weighted by molar-refractivity contribution is -0.127. The Morgan fingerprint density at radius 1 is 1.16 bits per heavy atom. The van der Waals surface area contributed by atoms with Crippen molar-refractivity contribution >= 4 is 74.7 Å². The van der Waals surface area contributed by atoms with Crippen LogP contribution >= 0.6 is 35.0 Å². The molecular formula is C21H11Cl2FN2O5S. The van der Waals surface area contributed by atoms with Crippen LogP contribution in [0.1, 0.15) is 5.56 Å². The van der Waals surface area contributed by atoms with Crippen LogP contribution in [0.15, 0.2) is 56.8 Å². The molecule has 0 radical (unpaired) electrons. The van der Waals surface area contributed by atoms with Crippen molar-refractivity contribution in [2.45, 2.75) is 0 Å². The molecule has 1 aromatic heterocycles. The number of halogens is 3. The molecule has 3 amide bonds. The first-order chi connectivity index (χ1) is 15.2. The van der Waals surface area contributed by atoms with Gasteiger partial charge >= 0.3 is 0 Å². The van der Waals surface area contributed by atoms with Crippen molar-refractivity contribution in [2.75, 3.05) is 11.9 Å². The molecule has 0 bridgehead atoms. The number of benzene rings is 2. The summed E-state index contributed by atoms with van der Waals surface area (Å²) in [4.78, 5) is 50.6. The van der Waals surface area contributed by atoms with E-state index < -0.39 is 34.8 Å². The molecule has 3 aromatic rings. The van der Waals surface area contributed by atoms with E-state index in [0.29, 0.717) is 17.4 Å². The second kappa shape index (κ2) is 8.78. The third kappa shape index (κ3) is 4.40. The summed E-state index contributed by atoms with van der Waals surface area (Å²) in [6, 6.07) is 7.83. The summed E-state index contributed by atoms with van der Waals surface area (Å²) in [5, 5.41) is 2.31. The van der Waals surface area contributed by atoms with Crippen molar-refractivity contribution in [2.24, 2.45) is 0 Å². The Morgan fingerprint density at radius 3 is 2.59 bits per heavy atom. The van der Waals surface area contributed by atoms with Crippen LogP contribution in [0, 0.1) is 5.82 Å². The minimum Gasteiger partial charge on any atom is -0.462 e. The Morgan fingerprint density at radius 2 is 1.88 bits per heavy atom. The van der Waals surface area contributed by atoms with Crippen LogP contribution in [0.25, 0.3) is 17.0 Å². The zero-order valence-corrected chi connectivity index (χ0v) is 18.2. The molecule has 0 atom stereocenters. The molecule has 32 heavy (non-hydrogen) atoms. The van der Waals surface area contributed by atoms with Crippen molar-refractivity contribution in [3.63, 3.8) is 0 Å². The van der Waals surface area contributed by atoms with Gasteiger partial charge in [-0.1, -0.05) is 23.2 Å². The maximum atomic E-state index is 13.0. The highest BCUT2D eigenvalue weighted by atomic mass is 35.5. The number of thioether (sulfide) groups is 1. The number of carbonyl (C=O) groups is 3. The van der Waals surface area contributed by atoms with Gasteiger partial charge in [-0.25, -0.2) is 4.39 Å². The standard InChI is InChI=1S/C21H11Cl2FN2O5S/c22-11-6-14-18(28)10(9-31-19(14)15(23)7-11)5-16-20(29)26(21(30)32-16)8-17(27)25-13-3-1-12(24)2-4-13/h1-7,9H,8H2,(H,25,27)/b16-5-. The number of imide groups is 1. The molecule has 4 rings (SSSR count). The van der Waals surface area contributed by atoms with Gasteiger partial charge in [0, 0.05) is 10.7 Å². The molecule has 0 aliphatic carbocycles. The van der Waals surface area contributed by atoms with Crippen LogP contribution in [-0.2, 0) is 9.59 Å². The monoisotopic (exact) mass is 492 g/mol. The molecule has 2 aromatic carbocycles. The Hall–Kier alpha value is -3.14. The van der Waals surface area contributed by atoms with E-state index in [1.165, 1.54) is 30.3 Å². The summed E-state index contributed by atoms with van der Waals surface area (Å²) in [6.45, 7) is -0.545. The number of carbonyl (C=O) groups excluding carboxylic acids is 3. The summed E-state index contributed by atoms with van der Waals surface area (Å²) in [7, 11) is 0. The average molecular weight is 493 g/mol. The smallest absolute Gasteiger partial charge is 0.294 e. The number of amides is 3. The number of anilines is 1. The summed E-state index contributed by atoms with van der Waals surface area (Å²) in [6.07, 6.45) is 2.34. The van der Waals surface area contributed by atoms with Gasteiger partial charge in [-0.3, -0.25) is 24.1 Å². The van der Waals surface area contributed by atoms with Gasteiger partial charge in [0.25, 0.3) is 11.1 Å². The van der Waals surface area contributed by atoms with Crippen molar-refractivity contribution < 1.29 is 23.2 Å². The lowest BCUT2D eigenvalue weighted by atomic mass is 10.1. The van der Waals surface area contributed by atoms with Crippen molar-refractivity contribution in [3.8, 4) is 0 Å². The van der Waals surface area contributed by atoms with E-state index in [1.54, 1.807) is 0 Å². The fourth-order valence-corrected chi connectivity index (χ4v) is 4.30. The van der Waals surface area contributed by atoms with E-state index in [1.807, 2.05) is 0 Å². The lowest BCUT2D eigenvalue weighted by Crippen LogP contribution is -2.36. The molecule has 0 spiro atoms. The SMILES string of the molecule is O=C(CN1C(=O)S/C(=C\c2coc3c(Cl)cc(Cl)cc3c2=O)C1=O)Nc1ccc(F)cc1. The van der Waals surface area contributed by atoms with Gasteiger partial charge in [0.15, 0.2) is 11.0 Å². The molecule has 162 valence electrons. The van der Waals surface area contributed by atoms with Crippen LogP contribution in [0.3, 0.4) is 0 Å². The zero-order chi connectivity index (χ0) is 23.0. The molecule has 11 heteroatoms. The van der Waals surface area contributed by atoms with Crippen LogP contribution in [0.4, 0.5) is 14.9 Å². The van der Waals surface area contributed by atoms with Gasteiger partial charge in [0.1, 0.15) is 18.6 Å². The van der Waals surface area contributed by atoms with Crippen molar-refractivity contribution in [3.05, 3.63) is 79.2 Å². The highest BCUT2D eigenvalue weighted by Gasteiger charge is 2.36. The van der Waals surface area contributed by atoms with Gasteiger partial charge in [-0.05, 0) is 54.2 Å². The Bertz CT molecular complexity index is 1370. The average Bonchev–Trinajstić information content (AvgIpc) is 2.99. The van der Waals surface area contributed by atoms with Gasteiger partial charge in [0.2, 0.25) is 5.91 Å². The van der Waals surface area contributed by atoms with E-state index in [-0.39, 0.29) is 31.5 Å². The third-order valence-corrected chi connectivity index (χ3v) is 5.82. The van der Waals surface area contributed by atoms with E-state index in [9.17, 15) is 23.6 Å². The first kappa shape index (κ1) is 22.1. The molecule has 1 saturated heterocycles. The highest BCUT2D eigenvalue weighted by Crippen LogP contribution is 2.32. The van der Waals surface area contributed by atoms with Gasteiger partial charge in [0.05, 0.1) is 20.9 Å². The fourth-order valence-electron chi connectivity index (χ4n) is 2.93. The Labute approximate surface area is 193 Å². The van der Waals surface area contributed by atoms with Gasteiger partial charge in [-0.15, -0.1) is 0 Å². The molecule has 0 unspecified atom stereocenters. The largest absolute Gasteiger partial charge is 0.462 e. The number of hydrogen-bond donors (Lipinski definition) is 1. The van der Waals surface area contributed by atoms with Gasteiger partial charge in [-0.2, -0.15) is 0 Å². The topological polar surface area (TPSA) is 96.7 Å². The second-order valence-corrected chi connectivity index (χ2v) is 8.44. The van der Waals surface area contributed by atoms with Crippen LogP contribution < -0.4 is 10.7 Å². The van der Waals surface area contributed by atoms with Crippen LogP contribution in [-0.4, -0.2) is 28.5 Å². The molecular weight excluding hydrogens is 482 g/mol. The summed E-state index contributed by atoms with van der Waals surface area (Å²) >= 11 is 12.6. The van der Waals surface area contributed by atoms with E-state index in [0.717, 1.165) is 23.3 Å². The van der Waals surface area contributed by atoms with E-state index in [2.05, 4.69) is 5.32 Å². The molecule has 7 nitrogen and oxygen atoms in total. The molecule has 1 aliphatic heterocycles. The van der Waals surface area contributed by atoms with Gasteiger partial charge < -0.3 is 9.73 Å². The van der Waals surface area contributed by atoms with Crippen LogP contribution in [0.2, 0.25) is 10.0 Å². The number of nitrogens with one attached hydrogen (secondary N) is 1. The highest BCUT2D eigenvalue weighted by molar-refractivity contribution is 8.18. The van der Waals surface area contributed by atoms with Crippen LogP contribution in [0.5, 0.6) is 0 Å². The quantitative estimate of drug-likeness (QED) is 0.519.